The molecule has 0 radical (unpaired) electrons. The molecule has 0 fully saturated rings. The van der Waals surface area contributed by atoms with Gasteiger partial charge in [0.25, 0.3) is 0 Å². The monoisotopic (exact) mass is 241 g/mol. The molecule has 1 aromatic carbocycles. The van der Waals surface area contributed by atoms with Gasteiger partial charge in [-0.15, -0.1) is 0 Å². The predicted molar refractivity (Wildman–Crippen MR) is 64.2 cm³/mol. The fourth-order valence-electron chi connectivity index (χ4n) is 1.12. The highest BCUT2D eigenvalue weighted by atomic mass is 31.0. The summed E-state index contributed by atoms with van der Waals surface area (Å²) >= 11 is 0. The molecule has 0 heterocycles. The Labute approximate surface area is 95.3 Å². The lowest BCUT2D eigenvalue weighted by Gasteiger charge is -2.12. The first-order valence-corrected chi connectivity index (χ1v) is 5.09. The second-order valence-electron chi connectivity index (χ2n) is 3.23. The lowest BCUT2D eigenvalue weighted by atomic mass is 10.2. The fraction of sp³-hybridized carbons (Fsp3) is 0.100. The second kappa shape index (κ2) is 5.58. The molecule has 0 saturated carbocycles. The van der Waals surface area contributed by atoms with E-state index in [9.17, 15) is 9.18 Å². The van der Waals surface area contributed by atoms with E-state index in [0.717, 1.165) is 0 Å². The third-order valence-electron chi connectivity index (χ3n) is 1.82. The van der Waals surface area contributed by atoms with Crippen molar-refractivity contribution in [3.63, 3.8) is 0 Å². The Kier molecular flexibility index (Phi) is 4.40. The van der Waals surface area contributed by atoms with Gasteiger partial charge in [0.2, 0.25) is 0 Å². The first kappa shape index (κ1) is 12.6. The van der Waals surface area contributed by atoms with Crippen LogP contribution in [-0.2, 0) is 4.79 Å². The van der Waals surface area contributed by atoms with Crippen LogP contribution in [0.25, 0.3) is 5.70 Å². The van der Waals surface area contributed by atoms with Gasteiger partial charge >= 0.3 is 0 Å². The Hall–Kier alpha value is -1.45. The molecule has 4 nitrogen and oxygen atoms in total. The Morgan fingerprint density at radius 3 is 2.50 bits per heavy atom. The minimum absolute atomic E-state index is 0.0482. The summed E-state index contributed by atoms with van der Waals surface area (Å²) in [5.74, 6) is 5.18. The highest BCUT2D eigenvalue weighted by Gasteiger charge is 2.01. The molecule has 0 amide bonds. The van der Waals surface area contributed by atoms with Crippen LogP contribution in [0.3, 0.4) is 0 Å². The average Bonchev–Trinajstić information content (AvgIpc) is 2.16. The first-order chi connectivity index (χ1) is 7.49. The molecule has 1 rings (SSSR count). The van der Waals surface area contributed by atoms with Crippen LogP contribution >= 0.6 is 9.24 Å². The molecule has 1 unspecified atom stereocenters. The SMILES string of the molecule is N/C(=C\N(N)CC(=O)P)c1ccc(F)cc1. The molecule has 0 aliphatic carbocycles. The topological polar surface area (TPSA) is 72.3 Å². The summed E-state index contributed by atoms with van der Waals surface area (Å²) in [7, 11) is 2.02. The maximum absolute atomic E-state index is 12.6. The van der Waals surface area contributed by atoms with Gasteiger partial charge in [-0.1, -0.05) is 9.24 Å². The van der Waals surface area contributed by atoms with Crippen molar-refractivity contribution in [3.05, 3.63) is 41.8 Å². The van der Waals surface area contributed by atoms with Crippen molar-refractivity contribution >= 4 is 20.5 Å². The van der Waals surface area contributed by atoms with Crippen molar-refractivity contribution in [3.8, 4) is 0 Å². The number of carbonyl (C=O) groups excluding carboxylic acids is 1. The summed E-state index contributed by atoms with van der Waals surface area (Å²) in [6.07, 6.45) is 1.43. The van der Waals surface area contributed by atoms with E-state index in [2.05, 4.69) is 0 Å². The van der Waals surface area contributed by atoms with E-state index in [1.54, 1.807) is 0 Å². The van der Waals surface area contributed by atoms with E-state index < -0.39 is 0 Å². The Bertz CT molecular complexity index is 405. The van der Waals surface area contributed by atoms with Crippen LogP contribution < -0.4 is 11.6 Å². The van der Waals surface area contributed by atoms with Gasteiger partial charge in [-0.3, -0.25) is 4.79 Å². The smallest absolute Gasteiger partial charge is 0.168 e. The van der Waals surface area contributed by atoms with Crippen molar-refractivity contribution in [1.29, 1.82) is 0 Å². The van der Waals surface area contributed by atoms with E-state index in [4.69, 9.17) is 11.6 Å². The number of rotatable bonds is 4. The van der Waals surface area contributed by atoms with Crippen molar-refractivity contribution in [2.75, 3.05) is 6.54 Å². The summed E-state index contributed by atoms with van der Waals surface area (Å²) in [4.78, 5) is 10.7. The number of hydrogen-bond acceptors (Lipinski definition) is 4. The Balaban J connectivity index is 2.76. The van der Waals surface area contributed by atoms with Gasteiger partial charge in [0.05, 0.1) is 12.2 Å². The minimum Gasteiger partial charge on any atom is -0.397 e. The number of nitrogens with two attached hydrogens (primary N) is 2. The van der Waals surface area contributed by atoms with Crippen molar-refractivity contribution in [1.82, 2.24) is 5.01 Å². The van der Waals surface area contributed by atoms with Crippen LogP contribution in [0.4, 0.5) is 4.39 Å². The van der Waals surface area contributed by atoms with Gasteiger partial charge in [0.15, 0.2) is 5.52 Å². The van der Waals surface area contributed by atoms with Crippen LogP contribution in [0.1, 0.15) is 5.56 Å². The zero-order chi connectivity index (χ0) is 12.1. The van der Waals surface area contributed by atoms with Crippen LogP contribution in [0.15, 0.2) is 30.5 Å². The molecular formula is C10H13FN3OP. The minimum atomic E-state index is -0.332. The van der Waals surface area contributed by atoms with E-state index in [1.165, 1.54) is 35.5 Å². The van der Waals surface area contributed by atoms with Gasteiger partial charge < -0.3 is 10.7 Å². The standard InChI is InChI=1S/C10H13FN3OP/c11-8-3-1-7(2-4-8)9(12)5-14(13)6-10(15)16/h1-5H,6,12-13,16H2/b9-5-. The van der Waals surface area contributed by atoms with Gasteiger partial charge in [0.1, 0.15) is 5.82 Å². The Morgan fingerprint density at radius 2 is 2.00 bits per heavy atom. The zero-order valence-corrected chi connectivity index (χ0v) is 9.71. The molecular weight excluding hydrogens is 228 g/mol. The van der Waals surface area contributed by atoms with Crippen molar-refractivity contribution in [2.24, 2.45) is 11.6 Å². The normalized spacial score (nSPS) is 11.3. The second-order valence-corrected chi connectivity index (χ2v) is 3.87. The van der Waals surface area contributed by atoms with E-state index in [-0.39, 0.29) is 17.9 Å². The molecule has 6 heteroatoms. The molecule has 0 saturated heterocycles. The van der Waals surface area contributed by atoms with Crippen LogP contribution in [0, 0.1) is 5.82 Å². The van der Waals surface area contributed by atoms with Crippen molar-refractivity contribution in [2.45, 2.75) is 0 Å². The molecule has 16 heavy (non-hydrogen) atoms. The van der Waals surface area contributed by atoms with Crippen LogP contribution in [0.2, 0.25) is 0 Å². The number of hydrogen-bond donors (Lipinski definition) is 2. The van der Waals surface area contributed by atoms with Crippen molar-refractivity contribution < 1.29 is 9.18 Å². The summed E-state index contributed by atoms with van der Waals surface area (Å²) in [5.41, 5.74) is 6.59. The van der Waals surface area contributed by atoms with Gasteiger partial charge in [-0.25, -0.2) is 10.2 Å². The van der Waals surface area contributed by atoms with Gasteiger partial charge in [-0.05, 0) is 29.8 Å². The quantitative estimate of drug-likeness (QED) is 0.461. The first-order valence-electron chi connectivity index (χ1n) is 4.52. The van der Waals surface area contributed by atoms with E-state index >= 15 is 0 Å². The van der Waals surface area contributed by atoms with Crippen LogP contribution in [-0.4, -0.2) is 17.1 Å². The number of benzene rings is 1. The highest BCUT2D eigenvalue weighted by molar-refractivity contribution is 7.40. The summed E-state index contributed by atoms with van der Waals surface area (Å²) < 4.78 is 12.6. The Morgan fingerprint density at radius 1 is 1.44 bits per heavy atom. The maximum atomic E-state index is 12.6. The lowest BCUT2D eigenvalue weighted by molar-refractivity contribution is -0.111. The fourth-order valence-corrected chi connectivity index (χ4v) is 1.33. The molecule has 0 aromatic heterocycles. The highest BCUT2D eigenvalue weighted by Crippen LogP contribution is 2.10. The summed E-state index contributed by atoms with van der Waals surface area (Å²) in [5, 5.41) is 1.17. The maximum Gasteiger partial charge on any atom is 0.168 e. The molecule has 0 aliphatic heterocycles. The molecule has 0 bridgehead atoms. The lowest BCUT2D eigenvalue weighted by Crippen LogP contribution is -2.30. The van der Waals surface area contributed by atoms with Gasteiger partial charge in [-0.2, -0.15) is 0 Å². The van der Waals surface area contributed by atoms with Crippen LogP contribution in [0.5, 0.6) is 0 Å². The van der Waals surface area contributed by atoms with Gasteiger partial charge in [0, 0.05) is 6.20 Å². The molecule has 1 aromatic rings. The number of halogens is 1. The molecule has 0 spiro atoms. The summed E-state index contributed by atoms with van der Waals surface area (Å²) in [6.45, 7) is 0.0482. The molecule has 0 aliphatic rings. The molecule has 4 N–H and O–H groups in total. The largest absolute Gasteiger partial charge is 0.397 e. The average molecular weight is 241 g/mol. The zero-order valence-electron chi connectivity index (χ0n) is 8.56. The molecule has 86 valence electrons. The number of carbonyl (C=O) groups is 1. The predicted octanol–water partition coefficient (Wildman–Crippen LogP) is 0.660. The van der Waals surface area contributed by atoms with E-state index in [0.29, 0.717) is 11.3 Å². The molecule has 1 atom stereocenters. The number of nitrogens with zero attached hydrogens (tertiary/aromatic N) is 1. The third-order valence-corrected chi connectivity index (χ3v) is 2.00. The summed E-state index contributed by atoms with van der Waals surface area (Å²) in [6, 6.07) is 5.68. The third kappa shape index (κ3) is 3.96. The van der Waals surface area contributed by atoms with E-state index in [1.807, 2.05) is 9.24 Å². The number of hydrazine groups is 1.